The second-order valence-corrected chi connectivity index (χ2v) is 7.47. The Morgan fingerprint density at radius 3 is 2.33 bits per heavy atom. The van der Waals surface area contributed by atoms with Crippen LogP contribution in [0.25, 0.3) is 0 Å². The van der Waals surface area contributed by atoms with Crippen LogP contribution in [0.3, 0.4) is 0 Å². The Kier molecular flexibility index (Phi) is 4.55. The van der Waals surface area contributed by atoms with Crippen LogP contribution < -0.4 is 10.0 Å². The summed E-state index contributed by atoms with van der Waals surface area (Å²) in [5.74, 6) is 0.371. The first-order chi connectivity index (χ1) is 9.83. The first kappa shape index (κ1) is 15.8. The van der Waals surface area contributed by atoms with Crippen molar-refractivity contribution in [2.45, 2.75) is 31.7 Å². The molecular weight excluding hydrogens is 310 g/mol. The highest BCUT2D eigenvalue weighted by atomic mass is 32.2. The van der Waals surface area contributed by atoms with Crippen LogP contribution in [0.4, 0.5) is 5.95 Å². The van der Waals surface area contributed by atoms with Crippen molar-refractivity contribution in [3.05, 3.63) is 28.0 Å². The molecule has 2 aromatic rings. The molecule has 2 aromatic heterocycles. The summed E-state index contributed by atoms with van der Waals surface area (Å²) < 4.78 is 27.2. The molecule has 0 fully saturated rings. The first-order valence-electron chi connectivity index (χ1n) is 6.29. The standard InChI is InChI=1S/C12H17N5O2S2/c1-7-11(20-9(3)16-7)8(2)17-21(18,19)10-5-14-12(13-4)15-6-10/h5-6,8,17H,1-4H3,(H,13,14,15). The Labute approximate surface area is 127 Å². The number of nitrogens with zero attached hydrogens (tertiary/aromatic N) is 3. The van der Waals surface area contributed by atoms with Crippen molar-refractivity contribution in [3.63, 3.8) is 0 Å². The molecule has 1 atom stereocenters. The molecule has 0 aromatic carbocycles. The van der Waals surface area contributed by atoms with E-state index in [2.05, 4.69) is 25.0 Å². The molecule has 0 aliphatic carbocycles. The van der Waals surface area contributed by atoms with Gasteiger partial charge >= 0.3 is 0 Å². The minimum atomic E-state index is -3.66. The van der Waals surface area contributed by atoms with Gasteiger partial charge in [-0.2, -0.15) is 0 Å². The SMILES string of the molecule is CNc1ncc(S(=O)(=O)NC(C)c2sc(C)nc2C)cn1. The number of rotatable bonds is 5. The van der Waals surface area contributed by atoms with Crippen LogP contribution >= 0.6 is 11.3 Å². The van der Waals surface area contributed by atoms with E-state index < -0.39 is 10.0 Å². The van der Waals surface area contributed by atoms with E-state index in [1.54, 1.807) is 14.0 Å². The maximum absolute atomic E-state index is 12.3. The van der Waals surface area contributed by atoms with Gasteiger partial charge in [-0.15, -0.1) is 11.3 Å². The molecule has 9 heteroatoms. The summed E-state index contributed by atoms with van der Waals surface area (Å²) in [6.45, 7) is 5.56. The molecule has 21 heavy (non-hydrogen) atoms. The molecule has 0 amide bonds. The molecule has 114 valence electrons. The fourth-order valence-electron chi connectivity index (χ4n) is 1.89. The van der Waals surface area contributed by atoms with Crippen molar-refractivity contribution < 1.29 is 8.42 Å². The van der Waals surface area contributed by atoms with Gasteiger partial charge in [0, 0.05) is 11.9 Å². The number of anilines is 1. The van der Waals surface area contributed by atoms with Crippen LogP contribution in [0, 0.1) is 13.8 Å². The molecule has 2 heterocycles. The second-order valence-electron chi connectivity index (χ2n) is 4.52. The van der Waals surface area contributed by atoms with Crippen LogP contribution in [0.2, 0.25) is 0 Å². The smallest absolute Gasteiger partial charge is 0.244 e. The molecule has 2 rings (SSSR count). The summed E-state index contributed by atoms with van der Waals surface area (Å²) in [5.41, 5.74) is 0.842. The van der Waals surface area contributed by atoms with Crippen molar-refractivity contribution in [2.75, 3.05) is 12.4 Å². The number of aryl methyl sites for hydroxylation is 2. The van der Waals surface area contributed by atoms with Gasteiger partial charge in [0.25, 0.3) is 0 Å². The van der Waals surface area contributed by atoms with Crippen LogP contribution in [0.1, 0.15) is 28.5 Å². The monoisotopic (exact) mass is 327 g/mol. The van der Waals surface area contributed by atoms with E-state index in [0.717, 1.165) is 15.6 Å². The molecule has 7 nitrogen and oxygen atoms in total. The predicted octanol–water partition coefficient (Wildman–Crippen LogP) is 1.63. The molecule has 2 N–H and O–H groups in total. The lowest BCUT2D eigenvalue weighted by Gasteiger charge is -2.13. The lowest BCUT2D eigenvalue weighted by atomic mass is 10.2. The highest BCUT2D eigenvalue weighted by molar-refractivity contribution is 7.89. The van der Waals surface area contributed by atoms with E-state index in [0.29, 0.717) is 5.95 Å². The van der Waals surface area contributed by atoms with Crippen LogP contribution in [-0.2, 0) is 10.0 Å². The minimum Gasteiger partial charge on any atom is -0.357 e. The van der Waals surface area contributed by atoms with Gasteiger partial charge in [-0.25, -0.2) is 28.1 Å². The maximum atomic E-state index is 12.3. The Bertz CT molecular complexity index is 725. The quantitative estimate of drug-likeness (QED) is 0.866. The average molecular weight is 327 g/mol. The molecule has 0 bridgehead atoms. The van der Waals surface area contributed by atoms with Gasteiger partial charge in [0.05, 0.1) is 29.1 Å². The lowest BCUT2D eigenvalue weighted by Crippen LogP contribution is -2.27. The number of hydrogen-bond acceptors (Lipinski definition) is 7. The van der Waals surface area contributed by atoms with E-state index in [1.165, 1.54) is 23.7 Å². The van der Waals surface area contributed by atoms with Gasteiger partial charge < -0.3 is 5.32 Å². The third kappa shape index (κ3) is 3.55. The highest BCUT2D eigenvalue weighted by Gasteiger charge is 2.22. The summed E-state index contributed by atoms with van der Waals surface area (Å²) in [6, 6.07) is -0.356. The Morgan fingerprint density at radius 1 is 1.24 bits per heavy atom. The van der Waals surface area contributed by atoms with E-state index in [4.69, 9.17) is 0 Å². The number of nitrogens with one attached hydrogen (secondary N) is 2. The fourth-order valence-corrected chi connectivity index (χ4v) is 3.99. The van der Waals surface area contributed by atoms with Crippen molar-refractivity contribution in [2.24, 2.45) is 0 Å². The third-order valence-corrected chi connectivity index (χ3v) is 5.58. The molecule has 0 saturated heterocycles. The van der Waals surface area contributed by atoms with E-state index >= 15 is 0 Å². The molecular formula is C12H17N5O2S2. The van der Waals surface area contributed by atoms with Gasteiger partial charge in [-0.05, 0) is 20.8 Å². The maximum Gasteiger partial charge on any atom is 0.244 e. The molecule has 0 radical (unpaired) electrons. The highest BCUT2D eigenvalue weighted by Crippen LogP contribution is 2.25. The summed E-state index contributed by atoms with van der Waals surface area (Å²) in [5, 5.41) is 3.65. The van der Waals surface area contributed by atoms with Crippen molar-refractivity contribution in [3.8, 4) is 0 Å². The average Bonchev–Trinajstić information content (AvgIpc) is 2.77. The van der Waals surface area contributed by atoms with E-state index in [-0.39, 0.29) is 10.9 Å². The third-order valence-electron chi connectivity index (χ3n) is 2.83. The van der Waals surface area contributed by atoms with Crippen molar-refractivity contribution >= 4 is 27.3 Å². The molecule has 1 unspecified atom stereocenters. The zero-order chi connectivity index (χ0) is 15.6. The van der Waals surface area contributed by atoms with Gasteiger partial charge in [-0.1, -0.05) is 0 Å². The van der Waals surface area contributed by atoms with Gasteiger partial charge in [0.2, 0.25) is 16.0 Å². The van der Waals surface area contributed by atoms with Crippen LogP contribution in [0.5, 0.6) is 0 Å². The normalized spacial score (nSPS) is 13.1. The van der Waals surface area contributed by atoms with Crippen molar-refractivity contribution in [1.29, 1.82) is 0 Å². The number of hydrogen-bond donors (Lipinski definition) is 2. The number of thiazole rings is 1. The molecule has 0 spiro atoms. The predicted molar refractivity (Wildman–Crippen MR) is 81.9 cm³/mol. The van der Waals surface area contributed by atoms with Crippen LogP contribution in [-0.4, -0.2) is 30.4 Å². The molecule has 0 aliphatic rings. The molecule has 0 saturated carbocycles. The zero-order valence-corrected chi connectivity index (χ0v) is 13.8. The van der Waals surface area contributed by atoms with Gasteiger partial charge in [-0.3, -0.25) is 0 Å². The minimum absolute atomic E-state index is 0.0345. The summed E-state index contributed by atoms with van der Waals surface area (Å²) in [4.78, 5) is 13.1. The largest absolute Gasteiger partial charge is 0.357 e. The van der Waals surface area contributed by atoms with Gasteiger partial charge in [0.15, 0.2) is 0 Å². The van der Waals surface area contributed by atoms with Crippen molar-refractivity contribution in [1.82, 2.24) is 19.7 Å². The first-order valence-corrected chi connectivity index (χ1v) is 8.59. The topological polar surface area (TPSA) is 96.9 Å². The van der Waals surface area contributed by atoms with Gasteiger partial charge in [0.1, 0.15) is 4.90 Å². The van der Waals surface area contributed by atoms with E-state index in [1.807, 2.05) is 13.8 Å². The fraction of sp³-hybridized carbons (Fsp3) is 0.417. The number of aromatic nitrogens is 3. The summed E-state index contributed by atoms with van der Waals surface area (Å²) in [7, 11) is -2.00. The summed E-state index contributed by atoms with van der Waals surface area (Å²) in [6.07, 6.45) is 2.55. The Balaban J connectivity index is 2.22. The Hall–Kier alpha value is -1.58. The Morgan fingerprint density at radius 2 is 1.86 bits per heavy atom. The second kappa shape index (κ2) is 6.04. The summed E-state index contributed by atoms with van der Waals surface area (Å²) >= 11 is 1.49. The number of sulfonamides is 1. The zero-order valence-electron chi connectivity index (χ0n) is 12.2. The molecule has 0 aliphatic heterocycles. The lowest BCUT2D eigenvalue weighted by molar-refractivity contribution is 0.567. The van der Waals surface area contributed by atoms with Crippen LogP contribution in [0.15, 0.2) is 17.3 Å². The van der Waals surface area contributed by atoms with E-state index in [9.17, 15) is 8.42 Å².